The van der Waals surface area contributed by atoms with Crippen LogP contribution in [-0.2, 0) is 6.42 Å². The summed E-state index contributed by atoms with van der Waals surface area (Å²) in [4.78, 5) is 4.96. The minimum Gasteiger partial charge on any atom is -0.296 e. The van der Waals surface area contributed by atoms with E-state index in [0.717, 1.165) is 29.0 Å². The maximum atomic E-state index is 4.96. The molecule has 0 bridgehead atoms. The van der Waals surface area contributed by atoms with Crippen LogP contribution < -0.4 is 54.6 Å². The standard InChI is InChI=1S/C41H40B10N2/c1-2-27-52-25-9-5-6-10-26(25)53(27)20-14-11-18(12-15-20)28-21-7-3-4-8-22(21)30(31-34(44)38(48)41(51)39(49)35(31)45)24-17-19(13-16-23(24)28)29-32(42)36(46)40(50)37(47)33(29)43/h3-17H,2,42-51H2,1H3. The zero-order valence-electron chi connectivity index (χ0n) is 33.3. The Bertz CT molecular complexity index is 2770. The lowest BCUT2D eigenvalue weighted by atomic mass is 9.59. The maximum absolute atomic E-state index is 4.96. The van der Waals surface area contributed by atoms with Crippen molar-refractivity contribution < 1.29 is 0 Å². The van der Waals surface area contributed by atoms with Gasteiger partial charge in [0, 0.05) is 12.1 Å². The largest absolute Gasteiger partial charge is 0.296 e. The van der Waals surface area contributed by atoms with Crippen LogP contribution in [-0.4, -0.2) is 88.0 Å². The average Bonchev–Trinajstić information content (AvgIpc) is 3.56. The molecule has 0 radical (unpaired) electrons. The van der Waals surface area contributed by atoms with Gasteiger partial charge in [0.1, 0.15) is 84.3 Å². The van der Waals surface area contributed by atoms with Gasteiger partial charge < -0.3 is 0 Å². The van der Waals surface area contributed by atoms with Crippen molar-refractivity contribution in [2.75, 3.05) is 0 Å². The Hall–Kier alpha value is -4.82. The van der Waals surface area contributed by atoms with E-state index in [9.17, 15) is 0 Å². The van der Waals surface area contributed by atoms with Gasteiger partial charge in [-0.2, -0.15) is 0 Å². The first-order chi connectivity index (χ1) is 25.4. The first kappa shape index (κ1) is 35.2. The highest BCUT2D eigenvalue weighted by molar-refractivity contribution is 6.70. The van der Waals surface area contributed by atoms with Crippen LogP contribution in [0.1, 0.15) is 12.7 Å². The van der Waals surface area contributed by atoms with Crippen LogP contribution in [0.25, 0.3) is 71.6 Å². The molecule has 2 nitrogen and oxygen atoms in total. The zero-order chi connectivity index (χ0) is 37.5. The predicted octanol–water partition coefficient (Wildman–Crippen LogP) is -6.52. The summed E-state index contributed by atoms with van der Waals surface area (Å²) in [6.07, 6.45) is 0.866. The van der Waals surface area contributed by atoms with Crippen molar-refractivity contribution in [2.45, 2.75) is 13.3 Å². The smallest absolute Gasteiger partial charge is 0.139 e. The summed E-state index contributed by atoms with van der Waals surface area (Å²) in [5.74, 6) is 1.08. The van der Waals surface area contributed by atoms with E-state index >= 15 is 0 Å². The summed E-state index contributed by atoms with van der Waals surface area (Å²) in [6, 6.07) is 34.0. The molecule has 1 heterocycles. The third-order valence-electron chi connectivity index (χ3n) is 12.9. The molecule has 0 fully saturated rings. The first-order valence-electron chi connectivity index (χ1n) is 19.1. The van der Waals surface area contributed by atoms with E-state index in [1.807, 2.05) is 0 Å². The van der Waals surface area contributed by atoms with Crippen LogP contribution in [0, 0.1) is 0 Å². The van der Waals surface area contributed by atoms with E-state index in [-0.39, 0.29) is 0 Å². The summed E-state index contributed by atoms with van der Waals surface area (Å²) >= 11 is 0. The molecule has 0 aliphatic carbocycles. The Kier molecular flexibility index (Phi) is 8.80. The summed E-state index contributed by atoms with van der Waals surface area (Å²) in [6.45, 7) is 2.18. The lowest BCUT2D eigenvalue weighted by Crippen LogP contribution is -2.55. The van der Waals surface area contributed by atoms with Gasteiger partial charge in [0.15, 0.2) is 0 Å². The molecule has 0 N–H and O–H groups in total. The van der Waals surface area contributed by atoms with Crippen LogP contribution in [0.5, 0.6) is 0 Å². The fourth-order valence-electron chi connectivity index (χ4n) is 9.10. The molecule has 0 unspecified atom stereocenters. The highest BCUT2D eigenvalue weighted by atomic mass is 15.1. The summed E-state index contributed by atoms with van der Waals surface area (Å²) in [5, 5.41) is 5.16. The second-order valence-corrected chi connectivity index (χ2v) is 15.3. The van der Waals surface area contributed by atoms with E-state index in [1.165, 1.54) is 110 Å². The van der Waals surface area contributed by atoms with E-state index in [4.69, 9.17) is 4.98 Å². The molecule has 244 valence electrons. The molecule has 0 aliphatic rings. The van der Waals surface area contributed by atoms with Crippen LogP contribution in [0.3, 0.4) is 0 Å². The number of aryl methyl sites for hydroxylation is 1. The van der Waals surface area contributed by atoms with E-state index < -0.39 is 0 Å². The first-order valence-corrected chi connectivity index (χ1v) is 19.1. The normalized spacial score (nSPS) is 11.6. The maximum Gasteiger partial charge on any atom is 0.139 e. The number of imidazole rings is 1. The average molecular weight is 669 g/mol. The molecule has 1 aromatic heterocycles. The van der Waals surface area contributed by atoms with Gasteiger partial charge in [-0.15, -0.1) is 32.8 Å². The molecule has 53 heavy (non-hydrogen) atoms. The molecule has 0 saturated carbocycles. The molecule has 0 spiro atoms. The SMILES string of the molecule is Bc1c(B)c(B)c(-c2ccc3c(-c4ccc(-n5c(CC)nc6ccccc65)cc4)c4ccccc4c(-c4c(B)c(B)c(B)c(B)c4B)c3c2)c(B)c1B. The Labute approximate surface area is 323 Å². The second-order valence-electron chi connectivity index (χ2n) is 15.3. The predicted molar refractivity (Wildman–Crippen MR) is 264 cm³/mol. The minimum atomic E-state index is 0.866. The summed E-state index contributed by atoms with van der Waals surface area (Å²) < 4.78 is 2.31. The monoisotopic (exact) mass is 670 g/mol. The van der Waals surface area contributed by atoms with E-state index in [2.05, 4.69) is 181 Å². The second kappa shape index (κ2) is 13.2. The van der Waals surface area contributed by atoms with E-state index in [0.29, 0.717) is 0 Å². The van der Waals surface area contributed by atoms with Gasteiger partial charge in [-0.05, 0) is 85.3 Å². The number of para-hydroxylation sites is 2. The molecule has 0 atom stereocenters. The summed E-state index contributed by atoms with van der Waals surface area (Å²) in [5.41, 5.74) is 25.0. The molecule has 7 aromatic carbocycles. The fourth-order valence-corrected chi connectivity index (χ4v) is 9.10. The van der Waals surface area contributed by atoms with Gasteiger partial charge in [0.25, 0.3) is 0 Å². The Morgan fingerprint density at radius 3 is 1.49 bits per heavy atom. The third-order valence-corrected chi connectivity index (χ3v) is 12.9. The van der Waals surface area contributed by atoms with Crippen molar-refractivity contribution in [3.8, 4) is 39.1 Å². The zero-order valence-corrected chi connectivity index (χ0v) is 33.3. The topological polar surface area (TPSA) is 17.8 Å². The fraction of sp³-hybridized carbons (Fsp3) is 0.0488. The Morgan fingerprint density at radius 2 is 0.906 bits per heavy atom. The van der Waals surface area contributed by atoms with Crippen LogP contribution >= 0.6 is 0 Å². The lowest BCUT2D eigenvalue weighted by Gasteiger charge is -2.25. The van der Waals surface area contributed by atoms with Crippen LogP contribution in [0.4, 0.5) is 0 Å². The van der Waals surface area contributed by atoms with Gasteiger partial charge in [0.2, 0.25) is 0 Å². The highest BCUT2D eigenvalue weighted by Gasteiger charge is 2.23. The van der Waals surface area contributed by atoms with Crippen molar-refractivity contribution in [3.05, 3.63) is 96.8 Å². The van der Waals surface area contributed by atoms with Gasteiger partial charge in [-0.1, -0.05) is 89.4 Å². The Balaban J connectivity index is 1.47. The molecule has 8 aromatic rings. The molecule has 0 amide bonds. The third kappa shape index (κ3) is 5.35. The number of rotatable bonds is 5. The van der Waals surface area contributed by atoms with Crippen LogP contribution in [0.2, 0.25) is 0 Å². The number of hydrogen-bond acceptors (Lipinski definition) is 1. The van der Waals surface area contributed by atoms with Gasteiger partial charge in [-0.25, -0.2) is 4.98 Å². The van der Waals surface area contributed by atoms with Crippen molar-refractivity contribution in [1.82, 2.24) is 9.55 Å². The van der Waals surface area contributed by atoms with Crippen molar-refractivity contribution in [3.63, 3.8) is 0 Å². The van der Waals surface area contributed by atoms with Crippen LogP contribution in [0.15, 0.2) is 91.0 Å². The van der Waals surface area contributed by atoms with E-state index in [1.54, 1.807) is 0 Å². The Morgan fingerprint density at radius 1 is 0.434 bits per heavy atom. The highest BCUT2D eigenvalue weighted by Crippen LogP contribution is 2.44. The number of fused-ring (bicyclic) bond motifs is 3. The van der Waals surface area contributed by atoms with Gasteiger partial charge in [0.05, 0.1) is 11.0 Å². The van der Waals surface area contributed by atoms with Gasteiger partial charge >= 0.3 is 0 Å². The molecule has 8 rings (SSSR count). The van der Waals surface area contributed by atoms with Crippen molar-refractivity contribution >= 4 is 166 Å². The number of aromatic nitrogens is 2. The molecule has 0 saturated heterocycles. The molecular formula is C41H40B10N2. The molecule has 12 heteroatoms. The molecule has 0 aliphatic heterocycles. The quantitative estimate of drug-likeness (QED) is 0.132. The van der Waals surface area contributed by atoms with Crippen molar-refractivity contribution in [1.29, 1.82) is 0 Å². The number of hydrogen-bond donors (Lipinski definition) is 0. The lowest BCUT2D eigenvalue weighted by molar-refractivity contribution is 0.908. The molecular weight excluding hydrogens is 629 g/mol. The number of nitrogens with zero attached hydrogens (tertiary/aromatic N) is 2. The minimum absolute atomic E-state index is 0.866. The summed E-state index contributed by atoms with van der Waals surface area (Å²) in [7, 11) is 23.0. The van der Waals surface area contributed by atoms with Gasteiger partial charge in [-0.3, -0.25) is 4.57 Å². The van der Waals surface area contributed by atoms with Crippen molar-refractivity contribution in [2.24, 2.45) is 0 Å². The number of benzene rings is 7.